The van der Waals surface area contributed by atoms with Gasteiger partial charge in [-0.3, -0.25) is 29.8 Å². The minimum absolute atomic E-state index is 0.0711. The number of nitro benzene ring substituents is 2. The summed E-state index contributed by atoms with van der Waals surface area (Å²) >= 11 is 0. The summed E-state index contributed by atoms with van der Waals surface area (Å²) in [6.45, 7) is 9.70. The minimum atomic E-state index is -4.08. The summed E-state index contributed by atoms with van der Waals surface area (Å²) in [7, 11) is -8.15. The normalized spacial score (nSPS) is 14.0. The standard InChI is InChI=1S/2C18H21N2O7P/c2*1-13(2)25-18(21)14(3)19-28(24,26-16-7-5-4-6-8-16)27-17-11-9-15(10-12-17)20(22)23/h2*4-14H,1-3H3,(H,19,24)/t14-,28?;14-,28-/m00/s1. The van der Waals surface area contributed by atoms with Crippen molar-refractivity contribution in [2.75, 3.05) is 0 Å². The molecular formula is C36H42N4O14P2. The maximum atomic E-state index is 13.3. The molecule has 0 aliphatic carbocycles. The molecule has 4 aromatic carbocycles. The monoisotopic (exact) mass is 816 g/mol. The Kier molecular flexibility index (Phi) is 16.5. The lowest BCUT2D eigenvalue weighted by Crippen LogP contribution is -2.36. The number of benzene rings is 4. The van der Waals surface area contributed by atoms with Crippen LogP contribution in [0.1, 0.15) is 41.5 Å². The number of esters is 2. The van der Waals surface area contributed by atoms with Crippen molar-refractivity contribution in [2.24, 2.45) is 0 Å². The molecule has 0 saturated heterocycles. The molecule has 20 heteroatoms. The van der Waals surface area contributed by atoms with E-state index in [0.717, 1.165) is 0 Å². The van der Waals surface area contributed by atoms with Crippen LogP contribution in [0.15, 0.2) is 109 Å². The Labute approximate surface area is 322 Å². The molecule has 0 fully saturated rings. The lowest BCUT2D eigenvalue weighted by atomic mass is 10.3. The van der Waals surface area contributed by atoms with Crippen molar-refractivity contribution in [3.05, 3.63) is 129 Å². The molecule has 4 atom stereocenters. The highest BCUT2D eigenvalue weighted by Gasteiger charge is 2.35. The molecule has 0 amide bonds. The summed E-state index contributed by atoms with van der Waals surface area (Å²) in [5.41, 5.74) is -0.291. The number of hydrogen-bond acceptors (Lipinski definition) is 14. The number of rotatable bonds is 18. The first kappa shape index (κ1) is 44.6. The average Bonchev–Trinajstić information content (AvgIpc) is 3.12. The molecule has 0 bridgehead atoms. The predicted molar refractivity (Wildman–Crippen MR) is 204 cm³/mol. The van der Waals surface area contributed by atoms with Crippen molar-refractivity contribution in [2.45, 2.75) is 65.8 Å². The number of para-hydroxylation sites is 2. The minimum Gasteiger partial charge on any atom is -0.462 e. The number of non-ortho nitro benzene ring substituents is 2. The molecule has 300 valence electrons. The molecule has 0 spiro atoms. The van der Waals surface area contributed by atoms with Crippen molar-refractivity contribution < 1.29 is 56.1 Å². The zero-order valence-corrected chi connectivity index (χ0v) is 33.0. The van der Waals surface area contributed by atoms with Crippen molar-refractivity contribution >= 4 is 38.8 Å². The van der Waals surface area contributed by atoms with Crippen LogP contribution in [0, 0.1) is 20.2 Å². The van der Waals surface area contributed by atoms with Gasteiger partial charge in [-0.1, -0.05) is 36.4 Å². The van der Waals surface area contributed by atoms with Crippen molar-refractivity contribution in [3.8, 4) is 23.0 Å². The summed E-state index contributed by atoms with van der Waals surface area (Å²) in [5, 5.41) is 26.6. The van der Waals surface area contributed by atoms with E-state index in [1.165, 1.54) is 62.4 Å². The zero-order chi connectivity index (χ0) is 41.5. The molecule has 56 heavy (non-hydrogen) atoms. The number of ether oxygens (including phenoxy) is 2. The first-order chi connectivity index (χ1) is 26.4. The molecule has 1 unspecified atom stereocenters. The smallest absolute Gasteiger partial charge is 0.462 e. The van der Waals surface area contributed by atoms with Crippen molar-refractivity contribution in [1.82, 2.24) is 10.2 Å². The lowest BCUT2D eigenvalue weighted by Gasteiger charge is -2.23. The van der Waals surface area contributed by atoms with Gasteiger partial charge in [0.25, 0.3) is 11.4 Å². The largest absolute Gasteiger partial charge is 0.513 e. The fraction of sp³-hybridized carbons (Fsp3) is 0.278. The van der Waals surface area contributed by atoms with Gasteiger partial charge in [0.05, 0.1) is 22.1 Å². The van der Waals surface area contributed by atoms with Crippen LogP contribution in [0.2, 0.25) is 0 Å². The molecule has 0 saturated carbocycles. The third-order valence-corrected chi connectivity index (χ3v) is 9.81. The van der Waals surface area contributed by atoms with Gasteiger partial charge in [0.15, 0.2) is 0 Å². The van der Waals surface area contributed by atoms with Crippen LogP contribution < -0.4 is 28.3 Å². The van der Waals surface area contributed by atoms with Gasteiger partial charge >= 0.3 is 27.4 Å². The second-order valence-electron chi connectivity index (χ2n) is 12.2. The Morgan fingerprint density at radius 1 is 0.500 bits per heavy atom. The molecule has 0 aromatic heterocycles. The van der Waals surface area contributed by atoms with Gasteiger partial charge in [0.1, 0.15) is 35.1 Å². The number of nitro groups is 2. The second kappa shape index (κ2) is 20.8. The average molecular weight is 817 g/mol. The van der Waals surface area contributed by atoms with Gasteiger partial charge in [-0.25, -0.2) is 9.13 Å². The van der Waals surface area contributed by atoms with Crippen LogP contribution in [-0.4, -0.2) is 46.1 Å². The molecule has 0 aliphatic heterocycles. The maximum Gasteiger partial charge on any atom is 0.513 e. The third kappa shape index (κ3) is 15.1. The molecule has 18 nitrogen and oxygen atoms in total. The van der Waals surface area contributed by atoms with Crippen LogP contribution in [0.5, 0.6) is 23.0 Å². The molecule has 0 radical (unpaired) electrons. The second-order valence-corrected chi connectivity index (χ2v) is 15.4. The van der Waals surface area contributed by atoms with E-state index >= 15 is 0 Å². The fourth-order valence-electron chi connectivity index (χ4n) is 4.17. The topological polar surface area (TPSA) is 234 Å². The molecule has 4 rings (SSSR count). The van der Waals surface area contributed by atoms with E-state index < -0.39 is 49.4 Å². The lowest BCUT2D eigenvalue weighted by molar-refractivity contribution is -0.385. The SMILES string of the molecule is CC(C)OC(=O)[C@H](C)NP(=O)(Oc1ccccc1)Oc1ccc([N+](=O)[O-])cc1.CC(C)OC(=O)[C@H](C)N[P@](=O)(Oc1ccccc1)Oc1ccc([N+](=O)[O-])cc1. The quantitative estimate of drug-likeness (QED) is 0.0417. The van der Waals surface area contributed by atoms with E-state index in [9.17, 15) is 38.9 Å². The number of carbonyl (C=O) groups excluding carboxylic acids is 2. The fourth-order valence-corrected chi connectivity index (χ4v) is 7.21. The Bertz CT molecular complexity index is 1860. The summed E-state index contributed by atoms with van der Waals surface area (Å²) in [5.74, 6) is -0.601. The molecule has 2 N–H and O–H groups in total. The first-order valence-electron chi connectivity index (χ1n) is 16.9. The number of hydrogen-bond donors (Lipinski definition) is 2. The van der Waals surface area contributed by atoms with E-state index in [2.05, 4.69) is 10.2 Å². The number of carbonyl (C=O) groups is 2. The summed E-state index contributed by atoms with van der Waals surface area (Å²) in [4.78, 5) is 44.5. The summed E-state index contributed by atoms with van der Waals surface area (Å²) in [6, 6.07) is 24.5. The third-order valence-electron chi connectivity index (χ3n) is 6.60. The summed E-state index contributed by atoms with van der Waals surface area (Å²) < 4.78 is 58.6. The molecule has 0 aliphatic rings. The maximum absolute atomic E-state index is 13.3. The van der Waals surface area contributed by atoms with Crippen LogP contribution in [0.25, 0.3) is 0 Å². The molecule has 4 aromatic rings. The van der Waals surface area contributed by atoms with Gasteiger partial charge in [-0.05, 0) is 90.1 Å². The van der Waals surface area contributed by atoms with E-state index in [0.29, 0.717) is 0 Å². The zero-order valence-electron chi connectivity index (χ0n) is 31.2. The number of nitrogens with one attached hydrogen (secondary N) is 2. The Balaban J connectivity index is 0.000000300. The van der Waals surface area contributed by atoms with E-state index in [1.54, 1.807) is 88.4 Å². The Morgan fingerprint density at radius 2 is 0.768 bits per heavy atom. The van der Waals surface area contributed by atoms with E-state index in [4.69, 9.17) is 27.6 Å². The summed E-state index contributed by atoms with van der Waals surface area (Å²) in [6.07, 6.45) is -0.691. The van der Waals surface area contributed by atoms with Gasteiger partial charge in [-0.2, -0.15) is 10.2 Å². The van der Waals surface area contributed by atoms with Gasteiger partial charge < -0.3 is 27.6 Å². The first-order valence-corrected chi connectivity index (χ1v) is 20.0. The van der Waals surface area contributed by atoms with E-state index in [1.807, 2.05) is 0 Å². The van der Waals surface area contributed by atoms with Crippen LogP contribution >= 0.6 is 15.5 Å². The van der Waals surface area contributed by atoms with E-state index in [-0.39, 0.29) is 46.6 Å². The van der Waals surface area contributed by atoms with Crippen LogP contribution in [0.4, 0.5) is 11.4 Å². The molecular weight excluding hydrogens is 774 g/mol. The molecule has 0 heterocycles. The highest BCUT2D eigenvalue weighted by Crippen LogP contribution is 2.46. The highest BCUT2D eigenvalue weighted by atomic mass is 31.2. The van der Waals surface area contributed by atoms with Crippen molar-refractivity contribution in [3.63, 3.8) is 0 Å². The van der Waals surface area contributed by atoms with Crippen LogP contribution in [-0.2, 0) is 28.2 Å². The Hall–Kier alpha value is -5.80. The van der Waals surface area contributed by atoms with Gasteiger partial charge in [0.2, 0.25) is 0 Å². The Morgan fingerprint density at radius 3 is 1.02 bits per heavy atom. The van der Waals surface area contributed by atoms with Crippen LogP contribution in [0.3, 0.4) is 0 Å². The number of nitrogens with zero attached hydrogens (tertiary/aromatic N) is 2. The van der Waals surface area contributed by atoms with Gasteiger partial charge in [0, 0.05) is 24.3 Å². The van der Waals surface area contributed by atoms with Crippen molar-refractivity contribution in [1.29, 1.82) is 0 Å². The predicted octanol–water partition coefficient (Wildman–Crippen LogP) is 8.18. The highest BCUT2D eigenvalue weighted by molar-refractivity contribution is 7.52. The van der Waals surface area contributed by atoms with Gasteiger partial charge in [-0.15, -0.1) is 0 Å².